The minimum Gasteiger partial charge on any atom is -0.289 e. The second kappa shape index (κ2) is 4.89. The van der Waals surface area contributed by atoms with Crippen molar-refractivity contribution in [1.82, 2.24) is 29.9 Å². The highest BCUT2D eigenvalue weighted by Crippen LogP contribution is 2.29. The van der Waals surface area contributed by atoms with Gasteiger partial charge in [0.05, 0.1) is 12.2 Å². The largest absolute Gasteiger partial charge is 0.289 e. The van der Waals surface area contributed by atoms with Crippen LogP contribution in [0.15, 0.2) is 18.7 Å². The molecule has 0 amide bonds. The first-order chi connectivity index (χ1) is 8.83. The minimum atomic E-state index is 0.362. The van der Waals surface area contributed by atoms with Gasteiger partial charge in [-0.1, -0.05) is 6.42 Å². The van der Waals surface area contributed by atoms with Gasteiger partial charge in [-0.3, -0.25) is 14.7 Å². The van der Waals surface area contributed by atoms with Crippen molar-refractivity contribution in [2.45, 2.75) is 31.8 Å². The van der Waals surface area contributed by atoms with Crippen LogP contribution in [0.1, 0.15) is 36.7 Å². The first-order valence-corrected chi connectivity index (χ1v) is 6.40. The first kappa shape index (κ1) is 11.4. The summed E-state index contributed by atoms with van der Waals surface area (Å²) in [5.41, 5.74) is 1.25. The summed E-state index contributed by atoms with van der Waals surface area (Å²) in [6.07, 6.45) is 9.26. The van der Waals surface area contributed by atoms with E-state index in [-0.39, 0.29) is 0 Å². The lowest BCUT2D eigenvalue weighted by Crippen LogP contribution is -2.33. The molecule has 1 aliphatic rings. The molecule has 0 radical (unpaired) electrons. The molecule has 6 heteroatoms. The van der Waals surface area contributed by atoms with Gasteiger partial charge in [0.25, 0.3) is 0 Å². The van der Waals surface area contributed by atoms with Gasteiger partial charge in [-0.15, -0.1) is 0 Å². The van der Waals surface area contributed by atoms with E-state index in [0.29, 0.717) is 6.04 Å². The zero-order valence-electron chi connectivity index (χ0n) is 10.6. The summed E-state index contributed by atoms with van der Waals surface area (Å²) in [6.45, 7) is 2.04. The Kier molecular flexibility index (Phi) is 3.10. The van der Waals surface area contributed by atoms with E-state index in [4.69, 9.17) is 0 Å². The van der Waals surface area contributed by atoms with Gasteiger partial charge < -0.3 is 0 Å². The van der Waals surface area contributed by atoms with E-state index in [9.17, 15) is 0 Å². The first-order valence-electron chi connectivity index (χ1n) is 6.40. The Morgan fingerprint density at radius 3 is 3.11 bits per heavy atom. The van der Waals surface area contributed by atoms with Gasteiger partial charge in [0.15, 0.2) is 0 Å². The molecule has 0 aliphatic carbocycles. The third kappa shape index (κ3) is 2.28. The third-order valence-corrected chi connectivity index (χ3v) is 3.51. The molecule has 3 rings (SSSR count). The van der Waals surface area contributed by atoms with Gasteiger partial charge in [-0.05, 0) is 19.4 Å². The second-order valence-electron chi connectivity index (χ2n) is 4.88. The number of H-pyrrole nitrogens is 1. The molecule has 1 saturated heterocycles. The van der Waals surface area contributed by atoms with Crippen LogP contribution in [0.5, 0.6) is 0 Å². The number of nitrogens with zero attached hydrogens (tertiary/aromatic N) is 5. The lowest BCUT2D eigenvalue weighted by atomic mass is 10.0. The molecule has 1 unspecified atom stereocenters. The van der Waals surface area contributed by atoms with Crippen molar-refractivity contribution >= 4 is 0 Å². The molecular weight excluding hydrogens is 228 g/mol. The minimum absolute atomic E-state index is 0.362. The van der Waals surface area contributed by atoms with Crippen LogP contribution < -0.4 is 0 Å². The molecule has 6 nitrogen and oxygen atoms in total. The zero-order valence-corrected chi connectivity index (χ0v) is 10.6. The molecular formula is C12H18N6. The molecule has 18 heavy (non-hydrogen) atoms. The number of hydrogen-bond acceptors (Lipinski definition) is 4. The molecule has 2 aromatic rings. The number of aromatic nitrogens is 5. The van der Waals surface area contributed by atoms with Gasteiger partial charge in [-0.25, -0.2) is 4.98 Å². The van der Waals surface area contributed by atoms with Crippen molar-refractivity contribution in [2.75, 3.05) is 6.54 Å². The lowest BCUT2D eigenvalue weighted by Gasteiger charge is -2.33. The van der Waals surface area contributed by atoms with Crippen LogP contribution in [0.3, 0.4) is 0 Å². The van der Waals surface area contributed by atoms with Crippen molar-refractivity contribution in [3.63, 3.8) is 0 Å². The summed E-state index contributed by atoms with van der Waals surface area (Å²) >= 11 is 0. The van der Waals surface area contributed by atoms with Crippen LogP contribution in [0.4, 0.5) is 0 Å². The van der Waals surface area contributed by atoms with Gasteiger partial charge in [-0.2, -0.15) is 10.2 Å². The van der Waals surface area contributed by atoms with Gasteiger partial charge >= 0.3 is 0 Å². The third-order valence-electron chi connectivity index (χ3n) is 3.51. The standard InChI is InChI=1S/C12H18N6/c1-17-7-10(6-15-17)8-18-5-3-2-4-11(18)12-13-9-14-16-12/h6-7,9,11H,2-5,8H2,1H3,(H,13,14,16). The topological polar surface area (TPSA) is 62.6 Å². The van der Waals surface area contributed by atoms with E-state index in [1.165, 1.54) is 18.4 Å². The zero-order chi connectivity index (χ0) is 12.4. The van der Waals surface area contributed by atoms with Crippen molar-refractivity contribution in [1.29, 1.82) is 0 Å². The number of aryl methyl sites for hydroxylation is 1. The van der Waals surface area contributed by atoms with E-state index in [1.54, 1.807) is 6.33 Å². The fourth-order valence-electron chi connectivity index (χ4n) is 2.65. The predicted molar refractivity (Wildman–Crippen MR) is 66.6 cm³/mol. The second-order valence-corrected chi connectivity index (χ2v) is 4.88. The molecule has 1 N–H and O–H groups in total. The van der Waals surface area contributed by atoms with Crippen molar-refractivity contribution < 1.29 is 0 Å². The fourth-order valence-corrected chi connectivity index (χ4v) is 2.65. The van der Waals surface area contributed by atoms with E-state index in [0.717, 1.165) is 25.3 Å². The molecule has 1 atom stereocenters. The molecule has 0 bridgehead atoms. The molecule has 0 spiro atoms. The number of nitrogens with one attached hydrogen (secondary N) is 1. The maximum Gasteiger partial charge on any atom is 0.141 e. The SMILES string of the molecule is Cn1cc(CN2CCCCC2c2ncn[nH]2)cn1. The molecule has 96 valence electrons. The van der Waals surface area contributed by atoms with E-state index in [2.05, 4.69) is 31.4 Å². The average Bonchev–Trinajstić information content (AvgIpc) is 3.02. The summed E-state index contributed by atoms with van der Waals surface area (Å²) in [5, 5.41) is 11.2. The molecule has 1 fully saturated rings. The maximum absolute atomic E-state index is 4.31. The van der Waals surface area contributed by atoms with Gasteiger partial charge in [0.2, 0.25) is 0 Å². The van der Waals surface area contributed by atoms with Crippen LogP contribution in [0.2, 0.25) is 0 Å². The molecule has 3 heterocycles. The summed E-state index contributed by atoms with van der Waals surface area (Å²) in [4.78, 5) is 6.77. The van der Waals surface area contributed by atoms with Crippen LogP contribution >= 0.6 is 0 Å². The molecule has 1 aliphatic heterocycles. The normalized spacial score (nSPS) is 21.3. The quantitative estimate of drug-likeness (QED) is 0.885. The Morgan fingerprint density at radius 1 is 1.44 bits per heavy atom. The highest BCUT2D eigenvalue weighted by atomic mass is 15.3. The highest BCUT2D eigenvalue weighted by molar-refractivity contribution is 5.05. The van der Waals surface area contributed by atoms with E-state index >= 15 is 0 Å². The number of rotatable bonds is 3. The van der Waals surface area contributed by atoms with Crippen molar-refractivity contribution in [2.24, 2.45) is 7.05 Å². The molecule has 2 aromatic heterocycles. The Bertz CT molecular complexity index is 488. The summed E-state index contributed by atoms with van der Waals surface area (Å²) in [5.74, 6) is 0.985. The Balaban J connectivity index is 1.76. The van der Waals surface area contributed by atoms with Crippen LogP contribution in [0, 0.1) is 0 Å². The maximum atomic E-state index is 4.31. The van der Waals surface area contributed by atoms with Gasteiger partial charge in [0.1, 0.15) is 12.2 Å². The Labute approximate surface area is 106 Å². The van der Waals surface area contributed by atoms with Crippen molar-refractivity contribution in [3.05, 3.63) is 30.1 Å². The van der Waals surface area contributed by atoms with E-state index in [1.807, 2.05) is 17.9 Å². The Morgan fingerprint density at radius 2 is 2.39 bits per heavy atom. The number of hydrogen-bond donors (Lipinski definition) is 1. The summed E-state index contributed by atoms with van der Waals surface area (Å²) < 4.78 is 1.85. The van der Waals surface area contributed by atoms with E-state index < -0.39 is 0 Å². The fraction of sp³-hybridized carbons (Fsp3) is 0.583. The van der Waals surface area contributed by atoms with Crippen molar-refractivity contribution in [3.8, 4) is 0 Å². The molecule has 0 saturated carbocycles. The number of piperidine rings is 1. The van der Waals surface area contributed by atoms with Crippen LogP contribution in [-0.4, -0.2) is 36.4 Å². The summed E-state index contributed by atoms with van der Waals surface area (Å²) in [7, 11) is 1.95. The van der Waals surface area contributed by atoms with Gasteiger partial charge in [0, 0.05) is 25.4 Å². The average molecular weight is 246 g/mol. The lowest BCUT2D eigenvalue weighted by molar-refractivity contribution is 0.134. The predicted octanol–water partition coefficient (Wildman–Crippen LogP) is 1.27. The smallest absolute Gasteiger partial charge is 0.141 e. The van der Waals surface area contributed by atoms with Crippen LogP contribution in [0.25, 0.3) is 0 Å². The molecule has 0 aromatic carbocycles. The summed E-state index contributed by atoms with van der Waals surface area (Å²) in [6, 6.07) is 0.362. The number of aromatic amines is 1. The monoisotopic (exact) mass is 246 g/mol. The number of likely N-dealkylation sites (tertiary alicyclic amines) is 1. The highest BCUT2D eigenvalue weighted by Gasteiger charge is 2.26. The van der Waals surface area contributed by atoms with Crippen LogP contribution in [-0.2, 0) is 13.6 Å². The Hall–Kier alpha value is -1.69.